The van der Waals surface area contributed by atoms with Crippen molar-refractivity contribution in [3.05, 3.63) is 40.5 Å². The molecule has 128 valence electrons. The molecule has 2 heterocycles. The van der Waals surface area contributed by atoms with E-state index < -0.39 is 0 Å². The Morgan fingerprint density at radius 2 is 2.12 bits per heavy atom. The summed E-state index contributed by atoms with van der Waals surface area (Å²) in [5.41, 5.74) is 1.06. The first-order valence-corrected chi connectivity index (χ1v) is 8.75. The second-order valence-electron chi connectivity index (χ2n) is 6.01. The van der Waals surface area contributed by atoms with Crippen LogP contribution in [0.5, 0.6) is 5.75 Å². The van der Waals surface area contributed by atoms with E-state index in [0.717, 1.165) is 34.8 Å². The Hall–Kier alpha value is -2.02. The smallest absolute Gasteiger partial charge is 0.217 e. The Morgan fingerprint density at radius 1 is 1.42 bits per heavy atom. The van der Waals surface area contributed by atoms with E-state index in [1.54, 1.807) is 0 Å². The zero-order valence-corrected chi connectivity index (χ0v) is 15.3. The zero-order chi connectivity index (χ0) is 17.1. The summed E-state index contributed by atoms with van der Waals surface area (Å²) in [5.74, 6) is 1.72. The standard InChI is InChI=1S/C17H21BrN4O2/c1-11(21-12(2)23)13-3-5-15(6-4-13)24-16-9-22(10-16)17-19-7-14(18)8-20-17/h3-7,11,16H,8-10H2,1-2H3,(H,19,20)(H,21,23)/t11-/m0/s1. The van der Waals surface area contributed by atoms with Gasteiger partial charge in [-0.15, -0.1) is 0 Å². The molecule has 1 aromatic carbocycles. The summed E-state index contributed by atoms with van der Waals surface area (Å²) in [7, 11) is 0. The van der Waals surface area contributed by atoms with E-state index in [2.05, 4.69) is 36.5 Å². The molecule has 0 radical (unpaired) electrons. The van der Waals surface area contributed by atoms with Crippen molar-refractivity contribution in [1.29, 1.82) is 0 Å². The number of nitrogens with one attached hydrogen (secondary N) is 2. The molecule has 24 heavy (non-hydrogen) atoms. The number of carbonyl (C=O) groups is 1. The predicted molar refractivity (Wildman–Crippen MR) is 97.1 cm³/mol. The molecule has 1 aromatic rings. The Kier molecular flexibility index (Phi) is 5.08. The van der Waals surface area contributed by atoms with Crippen LogP contribution in [0.1, 0.15) is 25.5 Å². The van der Waals surface area contributed by atoms with Crippen LogP contribution in [0, 0.1) is 0 Å². The summed E-state index contributed by atoms with van der Waals surface area (Å²) >= 11 is 3.41. The lowest BCUT2D eigenvalue weighted by Gasteiger charge is -2.41. The van der Waals surface area contributed by atoms with Crippen LogP contribution in [0.25, 0.3) is 0 Å². The van der Waals surface area contributed by atoms with Gasteiger partial charge in [0.15, 0.2) is 5.96 Å². The Labute approximate surface area is 150 Å². The van der Waals surface area contributed by atoms with Gasteiger partial charge in [0.1, 0.15) is 11.9 Å². The molecule has 2 aliphatic heterocycles. The molecule has 1 saturated heterocycles. The predicted octanol–water partition coefficient (Wildman–Crippen LogP) is 2.14. The number of ether oxygens (including phenoxy) is 1. The van der Waals surface area contributed by atoms with Gasteiger partial charge in [-0.25, -0.2) is 4.99 Å². The number of rotatable bonds is 4. The number of hydrogen-bond acceptors (Lipinski definition) is 5. The van der Waals surface area contributed by atoms with E-state index in [1.807, 2.05) is 37.4 Å². The zero-order valence-electron chi connectivity index (χ0n) is 13.8. The number of benzene rings is 1. The maximum Gasteiger partial charge on any atom is 0.217 e. The number of carbonyl (C=O) groups excluding carboxylic acids is 1. The highest BCUT2D eigenvalue weighted by Gasteiger charge is 2.31. The monoisotopic (exact) mass is 392 g/mol. The van der Waals surface area contributed by atoms with E-state index >= 15 is 0 Å². The SMILES string of the molecule is CC(=O)N[C@@H](C)c1ccc(OC2CN(C3=NCC(Br)=CN3)C2)cc1. The van der Waals surface area contributed by atoms with Crippen LogP contribution in [-0.2, 0) is 4.79 Å². The average Bonchev–Trinajstić information content (AvgIpc) is 2.51. The van der Waals surface area contributed by atoms with E-state index in [4.69, 9.17) is 4.74 Å². The molecular formula is C17H21BrN4O2. The van der Waals surface area contributed by atoms with Crippen LogP contribution >= 0.6 is 15.9 Å². The van der Waals surface area contributed by atoms with Gasteiger partial charge in [-0.1, -0.05) is 28.1 Å². The fourth-order valence-corrected chi connectivity index (χ4v) is 2.92. The number of aliphatic imine (C=N–C) groups is 1. The van der Waals surface area contributed by atoms with Gasteiger partial charge in [-0.3, -0.25) is 4.79 Å². The highest BCUT2D eigenvalue weighted by atomic mass is 79.9. The van der Waals surface area contributed by atoms with E-state index in [-0.39, 0.29) is 18.1 Å². The minimum absolute atomic E-state index is 0.00138. The molecule has 0 unspecified atom stereocenters. The summed E-state index contributed by atoms with van der Waals surface area (Å²) in [4.78, 5) is 17.7. The molecule has 2 aliphatic rings. The Morgan fingerprint density at radius 3 is 2.71 bits per heavy atom. The third-order valence-corrected chi connectivity index (χ3v) is 4.47. The number of halogens is 1. The summed E-state index contributed by atoms with van der Waals surface area (Å²) in [6.45, 7) is 5.81. The van der Waals surface area contributed by atoms with Crippen molar-refractivity contribution in [3.63, 3.8) is 0 Å². The van der Waals surface area contributed by atoms with Crippen LogP contribution in [0.2, 0.25) is 0 Å². The highest BCUT2D eigenvalue weighted by Crippen LogP contribution is 2.22. The molecule has 1 atom stereocenters. The molecule has 0 aliphatic carbocycles. The van der Waals surface area contributed by atoms with Gasteiger partial charge in [0.25, 0.3) is 0 Å². The number of guanidine groups is 1. The van der Waals surface area contributed by atoms with Crippen LogP contribution in [0.4, 0.5) is 0 Å². The van der Waals surface area contributed by atoms with Gasteiger partial charge < -0.3 is 20.3 Å². The topological polar surface area (TPSA) is 66.0 Å². The van der Waals surface area contributed by atoms with Gasteiger partial charge in [0.05, 0.1) is 25.7 Å². The van der Waals surface area contributed by atoms with Gasteiger partial charge in [0, 0.05) is 17.6 Å². The second-order valence-corrected chi connectivity index (χ2v) is 7.03. The minimum atomic E-state index is -0.0292. The van der Waals surface area contributed by atoms with Gasteiger partial charge in [0.2, 0.25) is 5.91 Å². The van der Waals surface area contributed by atoms with Crippen molar-refractivity contribution < 1.29 is 9.53 Å². The first-order valence-electron chi connectivity index (χ1n) is 7.95. The maximum atomic E-state index is 11.1. The Balaban J connectivity index is 1.47. The first-order chi connectivity index (χ1) is 11.5. The molecule has 1 fully saturated rings. The molecule has 6 nitrogen and oxygen atoms in total. The summed E-state index contributed by atoms with van der Waals surface area (Å²) in [6.07, 6.45) is 2.09. The van der Waals surface area contributed by atoms with Crippen LogP contribution in [-0.4, -0.2) is 42.5 Å². The number of amides is 1. The quantitative estimate of drug-likeness (QED) is 0.823. The molecule has 1 amide bonds. The molecule has 0 saturated carbocycles. The second kappa shape index (κ2) is 7.25. The first kappa shape index (κ1) is 16.8. The van der Waals surface area contributed by atoms with Crippen molar-refractivity contribution in [3.8, 4) is 5.75 Å². The van der Waals surface area contributed by atoms with Gasteiger partial charge >= 0.3 is 0 Å². The normalized spacial score (nSPS) is 18.7. The lowest BCUT2D eigenvalue weighted by molar-refractivity contribution is -0.119. The van der Waals surface area contributed by atoms with E-state index in [1.165, 1.54) is 6.92 Å². The number of nitrogens with zero attached hydrogens (tertiary/aromatic N) is 2. The molecule has 0 aromatic heterocycles. The molecule has 3 rings (SSSR count). The molecule has 2 N–H and O–H groups in total. The number of likely N-dealkylation sites (tertiary alicyclic amines) is 1. The summed E-state index contributed by atoms with van der Waals surface area (Å²) in [6, 6.07) is 7.88. The van der Waals surface area contributed by atoms with Gasteiger partial charge in [-0.05, 0) is 24.6 Å². The Bertz CT molecular complexity index is 666. The molecule has 0 bridgehead atoms. The van der Waals surface area contributed by atoms with Gasteiger partial charge in [-0.2, -0.15) is 0 Å². The molecule has 7 heteroatoms. The third-order valence-electron chi connectivity index (χ3n) is 3.99. The molecule has 0 spiro atoms. The van der Waals surface area contributed by atoms with Crippen molar-refractivity contribution in [2.24, 2.45) is 4.99 Å². The van der Waals surface area contributed by atoms with Crippen molar-refractivity contribution in [2.75, 3.05) is 19.6 Å². The van der Waals surface area contributed by atoms with Crippen molar-refractivity contribution in [1.82, 2.24) is 15.5 Å². The largest absolute Gasteiger partial charge is 0.487 e. The molecular weight excluding hydrogens is 372 g/mol. The third kappa shape index (κ3) is 4.08. The van der Waals surface area contributed by atoms with Crippen molar-refractivity contribution in [2.45, 2.75) is 26.0 Å². The lowest BCUT2D eigenvalue weighted by atomic mass is 10.1. The van der Waals surface area contributed by atoms with E-state index in [9.17, 15) is 4.79 Å². The summed E-state index contributed by atoms with van der Waals surface area (Å²) in [5, 5.41) is 6.04. The maximum absolute atomic E-state index is 11.1. The van der Waals surface area contributed by atoms with Crippen LogP contribution < -0.4 is 15.4 Å². The van der Waals surface area contributed by atoms with Crippen LogP contribution in [0.3, 0.4) is 0 Å². The van der Waals surface area contributed by atoms with Crippen molar-refractivity contribution >= 4 is 27.8 Å². The highest BCUT2D eigenvalue weighted by molar-refractivity contribution is 9.11. The minimum Gasteiger partial charge on any atom is -0.487 e. The van der Waals surface area contributed by atoms with Crippen LogP contribution in [0.15, 0.2) is 39.9 Å². The average molecular weight is 393 g/mol. The van der Waals surface area contributed by atoms with E-state index in [0.29, 0.717) is 6.54 Å². The summed E-state index contributed by atoms with van der Waals surface area (Å²) < 4.78 is 7.02. The number of hydrogen-bond donors (Lipinski definition) is 2. The fourth-order valence-electron chi connectivity index (χ4n) is 2.68. The fraction of sp³-hybridized carbons (Fsp3) is 0.412. The lowest BCUT2D eigenvalue weighted by Crippen LogP contribution is -2.59.